The Kier molecular flexibility index (Phi) is 6.31. The lowest BCUT2D eigenvalue weighted by molar-refractivity contribution is 0.0732. The molecule has 0 aliphatic carbocycles. The molecule has 5 nitrogen and oxygen atoms in total. The number of H-pyrrole nitrogens is 1. The summed E-state index contributed by atoms with van der Waals surface area (Å²) < 4.78 is 0. The number of unbranched alkanes of at least 4 members (excludes halogenated alkanes) is 1. The van der Waals surface area contributed by atoms with Crippen LogP contribution in [0.1, 0.15) is 63.9 Å². The minimum absolute atomic E-state index is 0.0315. The van der Waals surface area contributed by atoms with E-state index in [-0.39, 0.29) is 11.5 Å². The van der Waals surface area contributed by atoms with Crippen LogP contribution in [0.25, 0.3) is 0 Å². The molecule has 1 aliphatic heterocycles. The molecule has 3 aromatic rings. The normalized spacial score (nSPS) is 13.2. The van der Waals surface area contributed by atoms with E-state index in [2.05, 4.69) is 31.0 Å². The summed E-state index contributed by atoms with van der Waals surface area (Å²) in [6.07, 6.45) is 4.53. The zero-order chi connectivity index (χ0) is 21.8. The lowest BCUT2D eigenvalue weighted by Gasteiger charge is -2.28. The van der Waals surface area contributed by atoms with Gasteiger partial charge in [-0.3, -0.25) is 9.59 Å². The highest BCUT2D eigenvalue weighted by atomic mass is 16.2. The Morgan fingerprint density at radius 1 is 1.13 bits per heavy atom. The molecule has 1 amide bonds. The quantitative estimate of drug-likeness (QED) is 0.656. The topological polar surface area (TPSA) is 66.1 Å². The van der Waals surface area contributed by atoms with Gasteiger partial charge in [-0.1, -0.05) is 55.3 Å². The van der Waals surface area contributed by atoms with Gasteiger partial charge in [-0.15, -0.1) is 0 Å². The number of hydrogen-bond donors (Lipinski definition) is 1. The van der Waals surface area contributed by atoms with Crippen molar-refractivity contribution in [2.24, 2.45) is 0 Å². The molecular formula is C26H29N3O2. The third-order valence-corrected chi connectivity index (χ3v) is 5.88. The molecule has 2 aromatic carbocycles. The number of nitrogens with one attached hydrogen (secondary N) is 1. The molecule has 1 aliphatic rings. The summed E-state index contributed by atoms with van der Waals surface area (Å²) in [7, 11) is 0. The first-order valence-electron chi connectivity index (χ1n) is 11.1. The number of carbonyl (C=O) groups excluding carboxylic acids is 1. The van der Waals surface area contributed by atoms with Crippen molar-refractivity contribution in [2.45, 2.75) is 52.5 Å². The molecule has 0 unspecified atom stereocenters. The van der Waals surface area contributed by atoms with Crippen molar-refractivity contribution < 1.29 is 4.79 Å². The first-order valence-corrected chi connectivity index (χ1v) is 11.1. The molecule has 0 saturated carbocycles. The van der Waals surface area contributed by atoms with Crippen LogP contribution in [-0.4, -0.2) is 27.3 Å². The predicted octanol–water partition coefficient (Wildman–Crippen LogP) is 4.21. The number of carbonyl (C=O) groups is 1. The van der Waals surface area contributed by atoms with Crippen LogP contribution >= 0.6 is 0 Å². The van der Waals surface area contributed by atoms with Crippen LogP contribution in [0.4, 0.5) is 0 Å². The molecule has 4 rings (SSSR count). The van der Waals surface area contributed by atoms with Gasteiger partial charge in [0.1, 0.15) is 5.82 Å². The second-order valence-electron chi connectivity index (χ2n) is 8.38. The third-order valence-electron chi connectivity index (χ3n) is 5.88. The van der Waals surface area contributed by atoms with Gasteiger partial charge in [0.25, 0.3) is 11.5 Å². The van der Waals surface area contributed by atoms with E-state index in [1.165, 1.54) is 11.1 Å². The molecule has 0 fully saturated rings. The zero-order valence-corrected chi connectivity index (χ0v) is 18.3. The molecule has 0 spiro atoms. The molecule has 31 heavy (non-hydrogen) atoms. The van der Waals surface area contributed by atoms with Gasteiger partial charge in [-0.05, 0) is 43.0 Å². The van der Waals surface area contributed by atoms with Gasteiger partial charge in [0.15, 0.2) is 0 Å². The highest BCUT2D eigenvalue weighted by molar-refractivity contribution is 5.94. The second kappa shape index (κ2) is 9.29. The van der Waals surface area contributed by atoms with Gasteiger partial charge < -0.3 is 9.88 Å². The van der Waals surface area contributed by atoms with Crippen LogP contribution < -0.4 is 5.56 Å². The van der Waals surface area contributed by atoms with Gasteiger partial charge in [-0.25, -0.2) is 4.98 Å². The standard InChI is InChI=1S/C26H29N3O2/c1-3-4-7-19-9-11-21(12-10-19)26(31)29-14-13-23-22(17-29)25(30)28-24(27-23)16-20-8-5-6-18(2)15-20/h5-6,8-12,15H,3-4,7,13-14,16-17H2,1-2H3,(H,27,28,30). The van der Waals surface area contributed by atoms with E-state index in [1.54, 1.807) is 4.90 Å². The minimum Gasteiger partial charge on any atom is -0.334 e. The van der Waals surface area contributed by atoms with Crippen molar-refractivity contribution >= 4 is 5.91 Å². The van der Waals surface area contributed by atoms with Crippen molar-refractivity contribution in [3.8, 4) is 0 Å². The summed E-state index contributed by atoms with van der Waals surface area (Å²) >= 11 is 0. The Morgan fingerprint density at radius 3 is 2.68 bits per heavy atom. The maximum Gasteiger partial charge on any atom is 0.256 e. The Labute approximate surface area is 183 Å². The maximum absolute atomic E-state index is 13.0. The van der Waals surface area contributed by atoms with Crippen LogP contribution in [-0.2, 0) is 25.8 Å². The fourth-order valence-electron chi connectivity index (χ4n) is 4.13. The van der Waals surface area contributed by atoms with Gasteiger partial charge in [0, 0.05) is 24.9 Å². The first-order chi connectivity index (χ1) is 15.0. The molecule has 5 heteroatoms. The van der Waals surface area contributed by atoms with Crippen molar-refractivity contribution in [1.29, 1.82) is 0 Å². The van der Waals surface area contributed by atoms with Gasteiger partial charge in [0.2, 0.25) is 0 Å². The van der Waals surface area contributed by atoms with Crippen molar-refractivity contribution in [2.75, 3.05) is 6.54 Å². The molecule has 0 saturated heterocycles. The largest absolute Gasteiger partial charge is 0.334 e. The summed E-state index contributed by atoms with van der Waals surface area (Å²) in [4.78, 5) is 35.1. The molecule has 0 atom stereocenters. The van der Waals surface area contributed by atoms with Crippen LogP contribution in [0.5, 0.6) is 0 Å². The lowest BCUT2D eigenvalue weighted by atomic mass is 10.0. The van der Waals surface area contributed by atoms with E-state index in [0.717, 1.165) is 30.5 Å². The predicted molar refractivity (Wildman–Crippen MR) is 122 cm³/mol. The highest BCUT2D eigenvalue weighted by Crippen LogP contribution is 2.18. The number of benzene rings is 2. The molecule has 0 radical (unpaired) electrons. The van der Waals surface area contributed by atoms with Gasteiger partial charge >= 0.3 is 0 Å². The number of fused-ring (bicyclic) bond motifs is 1. The Balaban J connectivity index is 1.48. The number of hydrogen-bond acceptors (Lipinski definition) is 3. The molecule has 2 heterocycles. The van der Waals surface area contributed by atoms with E-state index >= 15 is 0 Å². The van der Waals surface area contributed by atoms with E-state index in [9.17, 15) is 9.59 Å². The first kappa shape index (κ1) is 21.0. The molecular weight excluding hydrogens is 386 g/mol. The fraction of sp³-hybridized carbons (Fsp3) is 0.346. The maximum atomic E-state index is 13.0. The van der Waals surface area contributed by atoms with Crippen molar-refractivity contribution in [1.82, 2.24) is 14.9 Å². The number of aryl methyl sites for hydroxylation is 2. The minimum atomic E-state index is -0.139. The number of aromatic amines is 1. The van der Waals surface area contributed by atoms with Crippen molar-refractivity contribution in [3.63, 3.8) is 0 Å². The zero-order valence-electron chi connectivity index (χ0n) is 18.3. The summed E-state index contributed by atoms with van der Waals surface area (Å²) in [5.74, 6) is 0.646. The fourth-order valence-corrected chi connectivity index (χ4v) is 4.13. The summed E-state index contributed by atoms with van der Waals surface area (Å²) in [5.41, 5.74) is 5.51. The average molecular weight is 416 g/mol. The number of rotatable bonds is 6. The molecule has 1 aromatic heterocycles. The highest BCUT2D eigenvalue weighted by Gasteiger charge is 2.25. The van der Waals surface area contributed by atoms with Crippen LogP contribution in [0, 0.1) is 6.92 Å². The Bertz CT molecular complexity index is 1130. The molecule has 160 valence electrons. The van der Waals surface area contributed by atoms with E-state index in [0.29, 0.717) is 42.9 Å². The Morgan fingerprint density at radius 2 is 1.94 bits per heavy atom. The van der Waals surface area contributed by atoms with E-state index in [4.69, 9.17) is 4.98 Å². The van der Waals surface area contributed by atoms with Crippen molar-refractivity contribution in [3.05, 3.63) is 98.2 Å². The third kappa shape index (κ3) is 4.93. The van der Waals surface area contributed by atoms with Gasteiger partial charge in [-0.2, -0.15) is 0 Å². The lowest BCUT2D eigenvalue weighted by Crippen LogP contribution is -2.39. The number of aromatic nitrogens is 2. The molecule has 0 bridgehead atoms. The smallest absolute Gasteiger partial charge is 0.256 e. The average Bonchev–Trinajstić information content (AvgIpc) is 2.77. The summed E-state index contributed by atoms with van der Waals surface area (Å²) in [6, 6.07) is 16.1. The number of nitrogens with zero attached hydrogens (tertiary/aromatic N) is 2. The summed E-state index contributed by atoms with van der Waals surface area (Å²) in [6.45, 7) is 5.10. The van der Waals surface area contributed by atoms with E-state index in [1.807, 2.05) is 36.4 Å². The summed E-state index contributed by atoms with van der Waals surface area (Å²) in [5, 5.41) is 0. The number of amides is 1. The van der Waals surface area contributed by atoms with Crippen LogP contribution in [0.15, 0.2) is 53.3 Å². The van der Waals surface area contributed by atoms with Crippen LogP contribution in [0.3, 0.4) is 0 Å². The monoisotopic (exact) mass is 415 g/mol. The van der Waals surface area contributed by atoms with Gasteiger partial charge in [0.05, 0.1) is 17.8 Å². The van der Waals surface area contributed by atoms with E-state index < -0.39 is 0 Å². The molecule has 1 N–H and O–H groups in total. The van der Waals surface area contributed by atoms with Crippen LogP contribution in [0.2, 0.25) is 0 Å². The SMILES string of the molecule is CCCCc1ccc(C(=O)N2CCc3nc(Cc4cccc(C)c4)[nH]c(=O)c3C2)cc1. The Hall–Kier alpha value is -3.21. The second-order valence-corrected chi connectivity index (χ2v) is 8.38.